The minimum absolute atomic E-state index is 0.0115. The molecule has 1 amide bonds. The quantitative estimate of drug-likeness (QED) is 0.481. The van der Waals surface area contributed by atoms with E-state index in [0.29, 0.717) is 16.3 Å². The number of amides is 1. The zero-order valence-corrected chi connectivity index (χ0v) is 20.2. The summed E-state index contributed by atoms with van der Waals surface area (Å²) in [6.07, 6.45) is 0. The molecule has 0 bridgehead atoms. The van der Waals surface area contributed by atoms with Crippen LogP contribution in [0.3, 0.4) is 0 Å². The Morgan fingerprint density at radius 2 is 1.56 bits per heavy atom. The normalized spacial score (nSPS) is 11.6. The number of carbonyl (C=O) groups is 1. The van der Waals surface area contributed by atoms with Gasteiger partial charge in [0.15, 0.2) is 0 Å². The van der Waals surface area contributed by atoms with E-state index >= 15 is 0 Å². The molecular weight excluding hydrogens is 444 g/mol. The van der Waals surface area contributed by atoms with Crippen LogP contribution >= 0.6 is 11.6 Å². The summed E-state index contributed by atoms with van der Waals surface area (Å²) < 4.78 is 28.1. The lowest BCUT2D eigenvalue weighted by Crippen LogP contribution is -2.41. The number of nitrogens with zero attached hydrogens (tertiary/aromatic N) is 2. The number of halogens is 1. The first-order chi connectivity index (χ1) is 15.1. The number of benzene rings is 3. The number of likely N-dealkylation sites (N-methyl/N-ethyl adjacent to an activating group) is 1. The molecule has 168 valence electrons. The highest BCUT2D eigenvalue weighted by Gasteiger charge is 2.29. The summed E-state index contributed by atoms with van der Waals surface area (Å²) in [6, 6.07) is 19.3. The fourth-order valence-electron chi connectivity index (χ4n) is 3.24. The summed E-state index contributed by atoms with van der Waals surface area (Å²) in [4.78, 5) is 14.8. The van der Waals surface area contributed by atoms with Crippen molar-refractivity contribution in [3.63, 3.8) is 0 Å². The van der Waals surface area contributed by atoms with E-state index in [4.69, 9.17) is 11.6 Å². The van der Waals surface area contributed by atoms with Gasteiger partial charge in [0.2, 0.25) is 15.9 Å². The molecule has 0 saturated heterocycles. The molecule has 7 heteroatoms. The van der Waals surface area contributed by atoms with E-state index in [2.05, 4.69) is 0 Å². The molecule has 3 aromatic rings. The van der Waals surface area contributed by atoms with E-state index < -0.39 is 10.0 Å². The molecule has 0 radical (unpaired) electrons. The Labute approximate surface area is 195 Å². The first-order valence-corrected chi connectivity index (χ1v) is 12.1. The van der Waals surface area contributed by atoms with Crippen molar-refractivity contribution in [3.8, 4) is 0 Å². The zero-order valence-electron chi connectivity index (χ0n) is 18.7. The van der Waals surface area contributed by atoms with Gasteiger partial charge >= 0.3 is 0 Å². The van der Waals surface area contributed by atoms with E-state index in [0.717, 1.165) is 16.7 Å². The minimum Gasteiger partial charge on any atom is -0.314 e. The number of carbonyl (C=O) groups excluding carboxylic acids is 1. The van der Waals surface area contributed by atoms with Crippen LogP contribution in [0.5, 0.6) is 0 Å². The summed E-state index contributed by atoms with van der Waals surface area (Å²) in [6.45, 7) is 5.54. The number of hydrogen-bond acceptors (Lipinski definition) is 3. The van der Waals surface area contributed by atoms with Crippen LogP contribution in [0, 0.1) is 20.8 Å². The lowest BCUT2D eigenvalue weighted by molar-refractivity contribution is -0.118. The van der Waals surface area contributed by atoms with Crippen molar-refractivity contribution in [1.29, 1.82) is 0 Å². The molecule has 0 unspecified atom stereocenters. The molecule has 0 atom stereocenters. The summed E-state index contributed by atoms with van der Waals surface area (Å²) in [5.41, 5.74) is 4.47. The van der Waals surface area contributed by atoms with E-state index in [9.17, 15) is 13.2 Å². The minimum atomic E-state index is -3.93. The van der Waals surface area contributed by atoms with Crippen LogP contribution in [-0.4, -0.2) is 32.2 Å². The highest BCUT2D eigenvalue weighted by atomic mass is 35.5. The average molecular weight is 471 g/mol. The van der Waals surface area contributed by atoms with Crippen molar-refractivity contribution in [1.82, 2.24) is 4.31 Å². The molecule has 0 N–H and O–H groups in total. The summed E-state index contributed by atoms with van der Waals surface area (Å²) >= 11 is 6.30. The molecule has 3 rings (SSSR count). The number of anilines is 1. The summed E-state index contributed by atoms with van der Waals surface area (Å²) in [7, 11) is -2.28. The van der Waals surface area contributed by atoms with Crippen LogP contribution < -0.4 is 4.90 Å². The average Bonchev–Trinajstić information content (AvgIpc) is 2.76. The second-order valence-electron chi connectivity index (χ2n) is 7.90. The van der Waals surface area contributed by atoms with E-state index in [-0.39, 0.29) is 23.9 Å². The largest absolute Gasteiger partial charge is 0.314 e. The Balaban J connectivity index is 1.94. The second-order valence-corrected chi connectivity index (χ2v) is 10.2. The van der Waals surface area contributed by atoms with Gasteiger partial charge in [0, 0.05) is 24.3 Å². The highest BCUT2D eigenvalue weighted by Crippen LogP contribution is 2.24. The van der Waals surface area contributed by atoms with Crippen molar-refractivity contribution in [2.24, 2.45) is 0 Å². The maximum absolute atomic E-state index is 13.5. The Bertz CT molecular complexity index is 1220. The van der Waals surface area contributed by atoms with Crippen molar-refractivity contribution < 1.29 is 13.2 Å². The SMILES string of the molecule is Cc1ccc(S(=O)(=O)N(CC(=O)N(C)c2ccc(C)c(C)c2)Cc2ccccc2Cl)cc1. The Morgan fingerprint density at radius 1 is 0.906 bits per heavy atom. The van der Waals surface area contributed by atoms with Gasteiger partial charge < -0.3 is 4.90 Å². The molecule has 3 aromatic carbocycles. The predicted octanol–water partition coefficient (Wildman–Crippen LogP) is 5.12. The van der Waals surface area contributed by atoms with Gasteiger partial charge in [-0.1, -0.05) is 53.6 Å². The first-order valence-electron chi connectivity index (χ1n) is 10.2. The van der Waals surface area contributed by atoms with Gasteiger partial charge in [0.05, 0.1) is 11.4 Å². The number of rotatable bonds is 7. The van der Waals surface area contributed by atoms with E-state index in [1.807, 2.05) is 39.0 Å². The number of aryl methyl sites for hydroxylation is 3. The molecule has 0 fully saturated rings. The van der Waals surface area contributed by atoms with Crippen molar-refractivity contribution in [3.05, 3.63) is 94.0 Å². The molecule has 0 aliphatic heterocycles. The van der Waals surface area contributed by atoms with Crippen LogP contribution in [0.4, 0.5) is 5.69 Å². The maximum Gasteiger partial charge on any atom is 0.243 e. The fourth-order valence-corrected chi connectivity index (χ4v) is 4.80. The fraction of sp³-hybridized carbons (Fsp3) is 0.240. The third kappa shape index (κ3) is 5.38. The maximum atomic E-state index is 13.5. The number of sulfonamides is 1. The van der Waals surface area contributed by atoms with Crippen LogP contribution in [-0.2, 0) is 21.4 Å². The van der Waals surface area contributed by atoms with Gasteiger partial charge in [0.1, 0.15) is 0 Å². The van der Waals surface area contributed by atoms with Crippen molar-refractivity contribution in [2.45, 2.75) is 32.2 Å². The first kappa shape index (κ1) is 24.0. The lowest BCUT2D eigenvalue weighted by atomic mass is 10.1. The molecule has 32 heavy (non-hydrogen) atoms. The molecular formula is C25H27ClN2O3S. The molecule has 5 nitrogen and oxygen atoms in total. The molecule has 0 saturated carbocycles. The van der Waals surface area contributed by atoms with Gasteiger partial charge in [-0.3, -0.25) is 4.79 Å². The highest BCUT2D eigenvalue weighted by molar-refractivity contribution is 7.89. The molecule has 0 spiro atoms. The Morgan fingerprint density at radius 3 is 2.19 bits per heavy atom. The van der Waals surface area contributed by atoms with Crippen LogP contribution in [0.2, 0.25) is 5.02 Å². The van der Waals surface area contributed by atoms with Crippen LogP contribution in [0.15, 0.2) is 71.6 Å². The van der Waals surface area contributed by atoms with Gasteiger partial charge in [-0.15, -0.1) is 0 Å². The topological polar surface area (TPSA) is 57.7 Å². The van der Waals surface area contributed by atoms with Crippen molar-refractivity contribution >= 4 is 33.2 Å². The summed E-state index contributed by atoms with van der Waals surface area (Å²) in [5, 5.41) is 0.451. The van der Waals surface area contributed by atoms with Gasteiger partial charge in [-0.25, -0.2) is 8.42 Å². The smallest absolute Gasteiger partial charge is 0.243 e. The monoisotopic (exact) mass is 470 g/mol. The molecule has 0 heterocycles. The molecule has 0 aromatic heterocycles. The standard InChI is InChI=1S/C25H27ClN2O3S/c1-18-9-13-23(14-10-18)32(30,31)28(16-21-7-5-6-8-24(21)26)17-25(29)27(4)22-12-11-19(2)20(3)15-22/h5-15H,16-17H2,1-4H3. The van der Waals surface area contributed by atoms with Crippen LogP contribution in [0.25, 0.3) is 0 Å². The van der Waals surface area contributed by atoms with Crippen molar-refractivity contribution in [2.75, 3.05) is 18.5 Å². The third-order valence-electron chi connectivity index (χ3n) is 5.53. The lowest BCUT2D eigenvalue weighted by Gasteiger charge is -2.26. The summed E-state index contributed by atoms with van der Waals surface area (Å²) in [5.74, 6) is -0.337. The second kappa shape index (κ2) is 9.86. The Kier molecular flexibility index (Phi) is 7.39. The van der Waals surface area contributed by atoms with Gasteiger partial charge in [-0.2, -0.15) is 4.31 Å². The third-order valence-corrected chi connectivity index (χ3v) is 7.70. The van der Waals surface area contributed by atoms with Gasteiger partial charge in [0.25, 0.3) is 0 Å². The number of hydrogen-bond donors (Lipinski definition) is 0. The van der Waals surface area contributed by atoms with E-state index in [1.165, 1.54) is 9.21 Å². The zero-order chi connectivity index (χ0) is 23.5. The van der Waals surface area contributed by atoms with Crippen LogP contribution in [0.1, 0.15) is 22.3 Å². The predicted molar refractivity (Wildman–Crippen MR) is 130 cm³/mol. The van der Waals surface area contributed by atoms with Gasteiger partial charge in [-0.05, 0) is 67.8 Å². The molecule has 0 aliphatic carbocycles. The Hall–Kier alpha value is -2.67. The van der Waals surface area contributed by atoms with E-state index in [1.54, 1.807) is 55.6 Å². The molecule has 0 aliphatic rings.